The predicted molar refractivity (Wildman–Crippen MR) is 87.7 cm³/mol. The number of aromatic amines is 1. The van der Waals surface area contributed by atoms with Gasteiger partial charge in [-0.15, -0.1) is 0 Å². The second-order valence-electron chi connectivity index (χ2n) is 5.77. The molecule has 7 nitrogen and oxygen atoms in total. The standard InChI is InChI=1S/C17H19N3O4/c1-19-16(22)13(10-18-17(19)23)9-15(21)20-7-8-24-14(11-20)12-5-3-2-4-6-12/h2-6,10,14H,7-9,11H2,1H3,(H,18,23). The fourth-order valence-electron chi connectivity index (χ4n) is 2.76. The zero-order valence-electron chi connectivity index (χ0n) is 13.4. The first-order chi connectivity index (χ1) is 11.6. The molecule has 0 bridgehead atoms. The molecule has 0 aliphatic carbocycles. The Kier molecular flexibility index (Phi) is 4.61. The van der Waals surface area contributed by atoms with Crippen LogP contribution in [0, 0.1) is 0 Å². The van der Waals surface area contributed by atoms with Crippen LogP contribution in [0.1, 0.15) is 17.2 Å². The third kappa shape index (κ3) is 3.30. The lowest BCUT2D eigenvalue weighted by Gasteiger charge is -2.33. The number of benzene rings is 1. The van der Waals surface area contributed by atoms with Crippen LogP contribution in [0.5, 0.6) is 0 Å². The first kappa shape index (κ1) is 16.2. The van der Waals surface area contributed by atoms with Gasteiger partial charge in [0.2, 0.25) is 5.91 Å². The van der Waals surface area contributed by atoms with E-state index in [4.69, 9.17) is 4.74 Å². The van der Waals surface area contributed by atoms with Crippen molar-refractivity contribution >= 4 is 5.91 Å². The van der Waals surface area contributed by atoms with Crippen LogP contribution < -0.4 is 11.2 Å². The average molecular weight is 329 g/mol. The van der Waals surface area contributed by atoms with Crippen molar-refractivity contribution in [1.82, 2.24) is 14.5 Å². The summed E-state index contributed by atoms with van der Waals surface area (Å²) < 4.78 is 6.71. The third-order valence-corrected chi connectivity index (χ3v) is 4.19. The molecule has 2 heterocycles. The number of ether oxygens (including phenoxy) is 1. The molecular formula is C17H19N3O4. The number of aromatic nitrogens is 2. The summed E-state index contributed by atoms with van der Waals surface area (Å²) in [5.74, 6) is -0.150. The molecule has 1 amide bonds. The Balaban J connectivity index is 1.72. The second kappa shape index (κ2) is 6.84. The molecule has 0 spiro atoms. The highest BCUT2D eigenvalue weighted by Crippen LogP contribution is 2.22. The first-order valence-corrected chi connectivity index (χ1v) is 7.78. The largest absolute Gasteiger partial charge is 0.370 e. The molecule has 0 radical (unpaired) electrons. The molecule has 24 heavy (non-hydrogen) atoms. The van der Waals surface area contributed by atoms with E-state index in [-0.39, 0.29) is 24.0 Å². The second-order valence-corrected chi connectivity index (χ2v) is 5.77. The molecule has 0 saturated carbocycles. The van der Waals surface area contributed by atoms with Gasteiger partial charge in [-0.05, 0) is 5.56 Å². The Bertz CT molecular complexity index is 841. The van der Waals surface area contributed by atoms with Crippen LogP contribution in [0.25, 0.3) is 0 Å². The van der Waals surface area contributed by atoms with Crippen LogP contribution in [-0.4, -0.2) is 40.1 Å². The SMILES string of the molecule is Cn1c(=O)[nH]cc(CC(=O)N2CCOC(c3ccccc3)C2)c1=O. The first-order valence-electron chi connectivity index (χ1n) is 7.78. The van der Waals surface area contributed by atoms with Crippen LogP contribution in [0.2, 0.25) is 0 Å². The summed E-state index contributed by atoms with van der Waals surface area (Å²) >= 11 is 0. The van der Waals surface area contributed by atoms with Gasteiger partial charge in [0.15, 0.2) is 0 Å². The smallest absolute Gasteiger partial charge is 0.328 e. The number of carbonyl (C=O) groups is 1. The fraction of sp³-hybridized carbons (Fsp3) is 0.353. The van der Waals surface area contributed by atoms with E-state index in [2.05, 4.69) is 4.98 Å². The predicted octanol–water partition coefficient (Wildman–Crippen LogP) is 0.216. The summed E-state index contributed by atoms with van der Waals surface area (Å²) in [4.78, 5) is 40.1. The Morgan fingerprint density at radius 1 is 1.29 bits per heavy atom. The van der Waals surface area contributed by atoms with Crippen molar-refractivity contribution in [3.63, 3.8) is 0 Å². The maximum Gasteiger partial charge on any atom is 0.328 e. The Labute approximate surface area is 138 Å². The number of hydrogen-bond donors (Lipinski definition) is 1. The average Bonchev–Trinajstić information content (AvgIpc) is 2.63. The number of amides is 1. The molecule has 7 heteroatoms. The van der Waals surface area contributed by atoms with Crippen LogP contribution in [0.4, 0.5) is 0 Å². The zero-order chi connectivity index (χ0) is 17.1. The molecule has 1 aliphatic rings. The van der Waals surface area contributed by atoms with Gasteiger partial charge in [0.1, 0.15) is 6.10 Å². The summed E-state index contributed by atoms with van der Waals surface area (Å²) in [7, 11) is 1.38. The quantitative estimate of drug-likeness (QED) is 0.873. The summed E-state index contributed by atoms with van der Waals surface area (Å²) in [6.07, 6.45) is 1.12. The molecule has 2 aromatic rings. The molecule has 1 aliphatic heterocycles. The summed E-state index contributed by atoms with van der Waals surface area (Å²) in [6.45, 7) is 1.40. The van der Waals surface area contributed by atoms with E-state index in [0.717, 1.165) is 10.1 Å². The minimum Gasteiger partial charge on any atom is -0.370 e. The number of hydrogen-bond acceptors (Lipinski definition) is 4. The Morgan fingerprint density at radius 3 is 2.79 bits per heavy atom. The lowest BCUT2D eigenvalue weighted by molar-refractivity contribution is -0.138. The summed E-state index contributed by atoms with van der Waals surface area (Å²) in [6, 6.07) is 9.74. The number of H-pyrrole nitrogens is 1. The maximum atomic E-state index is 12.5. The topological polar surface area (TPSA) is 84.4 Å². The van der Waals surface area contributed by atoms with E-state index < -0.39 is 11.2 Å². The van der Waals surface area contributed by atoms with Gasteiger partial charge in [0.25, 0.3) is 5.56 Å². The molecule has 1 N–H and O–H groups in total. The molecule has 1 fully saturated rings. The van der Waals surface area contributed by atoms with Crippen molar-refractivity contribution in [2.45, 2.75) is 12.5 Å². The monoisotopic (exact) mass is 329 g/mol. The number of rotatable bonds is 3. The molecule has 1 aromatic heterocycles. The number of morpholine rings is 1. The van der Waals surface area contributed by atoms with Crippen LogP contribution in [-0.2, 0) is 23.0 Å². The number of nitrogens with one attached hydrogen (secondary N) is 1. The highest BCUT2D eigenvalue weighted by Gasteiger charge is 2.25. The van der Waals surface area contributed by atoms with Gasteiger partial charge in [-0.25, -0.2) is 4.79 Å². The van der Waals surface area contributed by atoms with Gasteiger partial charge >= 0.3 is 5.69 Å². The van der Waals surface area contributed by atoms with Crippen molar-refractivity contribution in [1.29, 1.82) is 0 Å². The van der Waals surface area contributed by atoms with Gasteiger partial charge in [0, 0.05) is 25.4 Å². The van der Waals surface area contributed by atoms with Gasteiger partial charge in [-0.3, -0.25) is 14.2 Å². The van der Waals surface area contributed by atoms with Gasteiger partial charge < -0.3 is 14.6 Å². The Morgan fingerprint density at radius 2 is 2.04 bits per heavy atom. The van der Waals surface area contributed by atoms with Crippen molar-refractivity contribution < 1.29 is 9.53 Å². The lowest BCUT2D eigenvalue weighted by Crippen LogP contribution is -2.44. The summed E-state index contributed by atoms with van der Waals surface area (Å²) in [5.41, 5.74) is 0.367. The van der Waals surface area contributed by atoms with Gasteiger partial charge in [-0.1, -0.05) is 30.3 Å². The highest BCUT2D eigenvalue weighted by atomic mass is 16.5. The molecule has 1 saturated heterocycles. The highest BCUT2D eigenvalue weighted by molar-refractivity contribution is 5.78. The van der Waals surface area contributed by atoms with E-state index in [1.54, 1.807) is 4.90 Å². The van der Waals surface area contributed by atoms with Gasteiger partial charge in [0.05, 0.1) is 19.6 Å². The zero-order valence-corrected chi connectivity index (χ0v) is 13.4. The van der Waals surface area contributed by atoms with Gasteiger partial charge in [-0.2, -0.15) is 0 Å². The number of carbonyl (C=O) groups excluding carboxylic acids is 1. The Hall–Kier alpha value is -2.67. The molecule has 3 rings (SSSR count). The van der Waals surface area contributed by atoms with Crippen LogP contribution >= 0.6 is 0 Å². The van der Waals surface area contributed by atoms with E-state index in [9.17, 15) is 14.4 Å². The normalized spacial score (nSPS) is 17.7. The molecule has 126 valence electrons. The van der Waals surface area contributed by atoms with E-state index >= 15 is 0 Å². The minimum atomic E-state index is -0.494. The molecule has 1 aromatic carbocycles. The van der Waals surface area contributed by atoms with Crippen LogP contribution in [0.3, 0.4) is 0 Å². The van der Waals surface area contributed by atoms with E-state index in [1.807, 2.05) is 30.3 Å². The van der Waals surface area contributed by atoms with Crippen molar-refractivity contribution in [3.05, 3.63) is 68.5 Å². The molecule has 1 unspecified atom stereocenters. The lowest BCUT2D eigenvalue weighted by atomic mass is 10.1. The third-order valence-electron chi connectivity index (χ3n) is 4.19. The maximum absolute atomic E-state index is 12.5. The fourth-order valence-corrected chi connectivity index (χ4v) is 2.76. The van der Waals surface area contributed by atoms with Crippen molar-refractivity contribution in [2.75, 3.05) is 19.7 Å². The molecular weight excluding hydrogens is 310 g/mol. The minimum absolute atomic E-state index is 0.0367. The number of nitrogens with zero attached hydrogens (tertiary/aromatic N) is 2. The van der Waals surface area contributed by atoms with E-state index in [1.165, 1.54) is 13.2 Å². The molecule has 1 atom stereocenters. The summed E-state index contributed by atoms with van der Waals surface area (Å²) in [5, 5.41) is 0. The van der Waals surface area contributed by atoms with Crippen molar-refractivity contribution in [2.24, 2.45) is 7.05 Å². The van der Waals surface area contributed by atoms with Crippen molar-refractivity contribution in [3.8, 4) is 0 Å². The van der Waals surface area contributed by atoms with Crippen LogP contribution in [0.15, 0.2) is 46.1 Å². The van der Waals surface area contributed by atoms with E-state index in [0.29, 0.717) is 19.7 Å².